The monoisotopic (exact) mass is 206 g/mol. The van der Waals surface area contributed by atoms with E-state index in [1.165, 1.54) is 11.1 Å². The zero-order valence-electron chi connectivity index (χ0n) is 9.62. The Morgan fingerprint density at radius 3 is 2.13 bits per heavy atom. The molecular weight excluding hydrogens is 188 g/mol. The van der Waals surface area contributed by atoms with Crippen molar-refractivity contribution in [3.8, 4) is 0 Å². The highest BCUT2D eigenvalue weighted by molar-refractivity contribution is 5.30. The predicted octanol–water partition coefficient (Wildman–Crippen LogP) is 2.68. The Balaban J connectivity index is 2.23. The van der Waals surface area contributed by atoms with Gasteiger partial charge in [-0.25, -0.2) is 0 Å². The molecule has 1 saturated heterocycles. The second kappa shape index (κ2) is 3.95. The van der Waals surface area contributed by atoms with Crippen molar-refractivity contribution in [1.29, 1.82) is 0 Å². The van der Waals surface area contributed by atoms with Gasteiger partial charge in [-0.1, -0.05) is 38.1 Å². The molecular formula is C13H18O2. The Labute approximate surface area is 91.2 Å². The van der Waals surface area contributed by atoms with Crippen molar-refractivity contribution < 1.29 is 9.47 Å². The molecule has 0 aliphatic carbocycles. The van der Waals surface area contributed by atoms with E-state index in [9.17, 15) is 0 Å². The standard InChI is InChI=1S/C13H18O2/c1-10(2)11-4-6-12(7-5-11)13(14-3)8-15-9-13/h4-7,10H,8-9H2,1-3H3. The molecule has 15 heavy (non-hydrogen) atoms. The van der Waals surface area contributed by atoms with Crippen LogP contribution in [0.25, 0.3) is 0 Å². The highest BCUT2D eigenvalue weighted by atomic mass is 16.6. The summed E-state index contributed by atoms with van der Waals surface area (Å²) >= 11 is 0. The lowest BCUT2D eigenvalue weighted by atomic mass is 9.90. The van der Waals surface area contributed by atoms with E-state index in [1.54, 1.807) is 7.11 Å². The van der Waals surface area contributed by atoms with Crippen LogP contribution in [0, 0.1) is 0 Å². The highest BCUT2D eigenvalue weighted by Gasteiger charge is 2.40. The number of hydrogen-bond donors (Lipinski definition) is 0. The van der Waals surface area contributed by atoms with Crippen LogP contribution in [0.15, 0.2) is 24.3 Å². The Morgan fingerprint density at radius 2 is 1.80 bits per heavy atom. The Morgan fingerprint density at radius 1 is 1.20 bits per heavy atom. The third-order valence-corrected chi connectivity index (χ3v) is 3.16. The van der Waals surface area contributed by atoms with E-state index >= 15 is 0 Å². The third kappa shape index (κ3) is 1.80. The molecule has 1 aromatic rings. The van der Waals surface area contributed by atoms with Gasteiger partial charge in [0.25, 0.3) is 0 Å². The molecule has 0 spiro atoms. The maximum atomic E-state index is 5.54. The van der Waals surface area contributed by atoms with Gasteiger partial charge in [0.2, 0.25) is 0 Å². The van der Waals surface area contributed by atoms with Gasteiger partial charge in [-0.05, 0) is 17.0 Å². The van der Waals surface area contributed by atoms with Crippen molar-refractivity contribution in [1.82, 2.24) is 0 Å². The molecule has 2 nitrogen and oxygen atoms in total. The van der Waals surface area contributed by atoms with Crippen LogP contribution < -0.4 is 0 Å². The number of methoxy groups -OCH3 is 1. The van der Waals surface area contributed by atoms with Gasteiger partial charge in [-0.2, -0.15) is 0 Å². The Hall–Kier alpha value is -0.860. The van der Waals surface area contributed by atoms with Gasteiger partial charge in [0.05, 0.1) is 13.2 Å². The number of hydrogen-bond acceptors (Lipinski definition) is 2. The quantitative estimate of drug-likeness (QED) is 0.757. The second-order valence-corrected chi connectivity index (χ2v) is 4.47. The third-order valence-electron chi connectivity index (χ3n) is 3.16. The molecule has 1 heterocycles. The summed E-state index contributed by atoms with van der Waals surface area (Å²) in [5, 5.41) is 0. The fourth-order valence-corrected chi connectivity index (χ4v) is 1.86. The van der Waals surface area contributed by atoms with Gasteiger partial charge in [-0.15, -0.1) is 0 Å². The van der Waals surface area contributed by atoms with Crippen LogP contribution in [0.3, 0.4) is 0 Å². The van der Waals surface area contributed by atoms with Crippen molar-refractivity contribution in [3.05, 3.63) is 35.4 Å². The fraction of sp³-hybridized carbons (Fsp3) is 0.538. The van der Waals surface area contributed by atoms with Gasteiger partial charge in [0.1, 0.15) is 5.60 Å². The van der Waals surface area contributed by atoms with Crippen molar-refractivity contribution in [2.24, 2.45) is 0 Å². The summed E-state index contributed by atoms with van der Waals surface area (Å²) in [6.07, 6.45) is 0. The first-order valence-corrected chi connectivity index (χ1v) is 5.41. The van der Waals surface area contributed by atoms with Crippen LogP contribution in [-0.4, -0.2) is 20.3 Å². The number of benzene rings is 1. The summed E-state index contributed by atoms with van der Waals surface area (Å²) in [6.45, 7) is 5.75. The van der Waals surface area contributed by atoms with Gasteiger partial charge < -0.3 is 9.47 Å². The molecule has 2 rings (SSSR count). The van der Waals surface area contributed by atoms with Gasteiger partial charge in [0.15, 0.2) is 0 Å². The summed E-state index contributed by atoms with van der Waals surface area (Å²) in [5.74, 6) is 0.579. The Bertz CT molecular complexity index is 317. The lowest BCUT2D eigenvalue weighted by Gasteiger charge is -2.40. The molecule has 1 fully saturated rings. The van der Waals surface area contributed by atoms with Crippen LogP contribution in [0.1, 0.15) is 30.9 Å². The molecule has 1 aliphatic heterocycles. The van der Waals surface area contributed by atoms with Crippen molar-refractivity contribution in [3.63, 3.8) is 0 Å². The largest absolute Gasteiger partial charge is 0.375 e. The zero-order chi connectivity index (χ0) is 10.9. The van der Waals surface area contributed by atoms with Crippen LogP contribution in [-0.2, 0) is 15.1 Å². The lowest BCUT2D eigenvalue weighted by molar-refractivity contribution is -0.202. The highest BCUT2D eigenvalue weighted by Crippen LogP contribution is 2.33. The van der Waals surface area contributed by atoms with E-state index in [4.69, 9.17) is 9.47 Å². The average Bonchev–Trinajstić information content (AvgIpc) is 2.18. The molecule has 0 N–H and O–H groups in total. The van der Waals surface area contributed by atoms with E-state index < -0.39 is 0 Å². The van der Waals surface area contributed by atoms with E-state index in [2.05, 4.69) is 38.1 Å². The molecule has 0 amide bonds. The van der Waals surface area contributed by atoms with E-state index in [0.29, 0.717) is 19.1 Å². The average molecular weight is 206 g/mol. The first-order valence-electron chi connectivity index (χ1n) is 5.41. The normalized spacial score (nSPS) is 18.9. The summed E-state index contributed by atoms with van der Waals surface area (Å²) in [5.41, 5.74) is 2.40. The maximum Gasteiger partial charge on any atom is 0.139 e. The smallest absolute Gasteiger partial charge is 0.139 e. The SMILES string of the molecule is COC1(c2ccc(C(C)C)cc2)COC1. The maximum absolute atomic E-state index is 5.54. The minimum absolute atomic E-state index is 0.185. The van der Waals surface area contributed by atoms with E-state index in [1.807, 2.05) is 0 Å². The second-order valence-electron chi connectivity index (χ2n) is 4.47. The minimum atomic E-state index is -0.185. The lowest BCUT2D eigenvalue weighted by Crippen LogP contribution is -2.48. The van der Waals surface area contributed by atoms with Gasteiger partial charge >= 0.3 is 0 Å². The van der Waals surface area contributed by atoms with Crippen molar-refractivity contribution >= 4 is 0 Å². The van der Waals surface area contributed by atoms with E-state index in [-0.39, 0.29) is 5.60 Å². The van der Waals surface area contributed by atoms with E-state index in [0.717, 1.165) is 0 Å². The van der Waals surface area contributed by atoms with Crippen molar-refractivity contribution in [2.75, 3.05) is 20.3 Å². The van der Waals surface area contributed by atoms with Crippen LogP contribution >= 0.6 is 0 Å². The van der Waals surface area contributed by atoms with Crippen LogP contribution in [0.5, 0.6) is 0 Å². The summed E-state index contributed by atoms with van der Waals surface area (Å²) in [4.78, 5) is 0. The molecule has 1 aliphatic rings. The summed E-state index contributed by atoms with van der Waals surface area (Å²) in [6, 6.07) is 8.67. The topological polar surface area (TPSA) is 18.5 Å². The van der Waals surface area contributed by atoms with Gasteiger partial charge in [-0.3, -0.25) is 0 Å². The molecule has 0 aromatic heterocycles. The molecule has 82 valence electrons. The fourth-order valence-electron chi connectivity index (χ4n) is 1.86. The molecule has 0 atom stereocenters. The first kappa shape index (κ1) is 10.7. The minimum Gasteiger partial charge on any atom is -0.375 e. The summed E-state index contributed by atoms with van der Waals surface area (Å²) in [7, 11) is 1.75. The summed E-state index contributed by atoms with van der Waals surface area (Å²) < 4.78 is 10.8. The van der Waals surface area contributed by atoms with Gasteiger partial charge in [0, 0.05) is 7.11 Å². The van der Waals surface area contributed by atoms with Crippen molar-refractivity contribution in [2.45, 2.75) is 25.4 Å². The first-order chi connectivity index (χ1) is 7.18. The predicted molar refractivity (Wildman–Crippen MR) is 60.0 cm³/mol. The van der Waals surface area contributed by atoms with Crippen LogP contribution in [0.2, 0.25) is 0 Å². The number of rotatable bonds is 3. The molecule has 0 unspecified atom stereocenters. The van der Waals surface area contributed by atoms with Crippen LogP contribution in [0.4, 0.5) is 0 Å². The number of ether oxygens (including phenoxy) is 2. The molecule has 0 saturated carbocycles. The molecule has 0 bridgehead atoms. The molecule has 0 radical (unpaired) electrons. The molecule has 1 aromatic carbocycles. The zero-order valence-corrected chi connectivity index (χ0v) is 9.62. The Kier molecular flexibility index (Phi) is 2.81. The molecule has 2 heteroatoms.